The molecule has 1 saturated heterocycles. The molecule has 19 heavy (non-hydrogen) atoms. The van der Waals surface area contributed by atoms with Crippen molar-refractivity contribution in [2.45, 2.75) is 32.5 Å². The monoisotopic (exact) mass is 288 g/mol. The molecule has 2 heterocycles. The molecule has 8 heteroatoms. The zero-order valence-electron chi connectivity index (χ0n) is 11.2. The maximum absolute atomic E-state index is 12.1. The van der Waals surface area contributed by atoms with Crippen LogP contribution in [0.3, 0.4) is 0 Å². The predicted octanol–water partition coefficient (Wildman–Crippen LogP) is -0.104. The number of hydrogen-bond donors (Lipinski definition) is 2. The standard InChI is InChI=1S/C11H20N4O3S/c1-9-6-15(7-10(2)18-9)19(16,17)14-4-3-11-5-12-8-13-11/h5,8-10,14H,3-4,6-7H2,1-2H3,(H,12,13). The Balaban J connectivity index is 1.87. The van der Waals surface area contributed by atoms with Gasteiger partial charge in [-0.2, -0.15) is 12.7 Å². The number of aromatic amines is 1. The van der Waals surface area contributed by atoms with Gasteiger partial charge in [0, 0.05) is 37.9 Å². The van der Waals surface area contributed by atoms with Crippen LogP contribution in [0.5, 0.6) is 0 Å². The number of aromatic nitrogens is 2. The Hall–Kier alpha value is -0.960. The normalized spacial score (nSPS) is 25.6. The Morgan fingerprint density at radius 3 is 2.74 bits per heavy atom. The number of ether oxygens (including phenoxy) is 1. The molecule has 0 aromatic carbocycles. The smallest absolute Gasteiger partial charge is 0.279 e. The molecule has 2 N–H and O–H groups in total. The van der Waals surface area contributed by atoms with Gasteiger partial charge in [0.2, 0.25) is 0 Å². The zero-order valence-corrected chi connectivity index (χ0v) is 12.0. The van der Waals surface area contributed by atoms with Gasteiger partial charge in [0.1, 0.15) is 0 Å². The summed E-state index contributed by atoms with van der Waals surface area (Å²) in [4.78, 5) is 6.82. The molecule has 0 radical (unpaired) electrons. The Bertz CT molecular complexity index is 478. The van der Waals surface area contributed by atoms with Crippen molar-refractivity contribution in [1.82, 2.24) is 19.0 Å². The summed E-state index contributed by atoms with van der Waals surface area (Å²) in [6.45, 7) is 4.89. The molecule has 7 nitrogen and oxygen atoms in total. The number of morpholine rings is 1. The van der Waals surface area contributed by atoms with Crippen molar-refractivity contribution >= 4 is 10.2 Å². The van der Waals surface area contributed by atoms with Crippen LogP contribution >= 0.6 is 0 Å². The summed E-state index contributed by atoms with van der Waals surface area (Å²) in [6, 6.07) is 0. The topological polar surface area (TPSA) is 87.3 Å². The molecule has 0 bridgehead atoms. The quantitative estimate of drug-likeness (QED) is 0.792. The number of imidazole rings is 1. The maximum Gasteiger partial charge on any atom is 0.279 e. The average molecular weight is 288 g/mol. The van der Waals surface area contributed by atoms with Gasteiger partial charge < -0.3 is 9.72 Å². The van der Waals surface area contributed by atoms with Crippen molar-refractivity contribution in [3.8, 4) is 0 Å². The zero-order chi connectivity index (χ0) is 13.9. The number of H-pyrrole nitrogens is 1. The second-order valence-corrected chi connectivity index (χ2v) is 6.56. The van der Waals surface area contributed by atoms with Gasteiger partial charge in [0.25, 0.3) is 10.2 Å². The average Bonchev–Trinajstić information content (AvgIpc) is 2.80. The summed E-state index contributed by atoms with van der Waals surface area (Å²) >= 11 is 0. The van der Waals surface area contributed by atoms with E-state index < -0.39 is 10.2 Å². The van der Waals surface area contributed by atoms with E-state index in [4.69, 9.17) is 4.74 Å². The third kappa shape index (κ3) is 4.00. The van der Waals surface area contributed by atoms with E-state index in [-0.39, 0.29) is 12.2 Å². The van der Waals surface area contributed by atoms with Crippen LogP contribution in [-0.4, -0.2) is 54.5 Å². The summed E-state index contributed by atoms with van der Waals surface area (Å²) in [5.74, 6) is 0. The van der Waals surface area contributed by atoms with Crippen molar-refractivity contribution in [3.63, 3.8) is 0 Å². The highest BCUT2D eigenvalue weighted by Gasteiger charge is 2.30. The van der Waals surface area contributed by atoms with Crippen LogP contribution in [0.4, 0.5) is 0 Å². The molecular weight excluding hydrogens is 268 g/mol. The van der Waals surface area contributed by atoms with Gasteiger partial charge in [-0.25, -0.2) is 9.71 Å². The Morgan fingerprint density at radius 1 is 1.47 bits per heavy atom. The van der Waals surface area contributed by atoms with E-state index in [0.717, 1.165) is 5.69 Å². The lowest BCUT2D eigenvalue weighted by Crippen LogP contribution is -2.52. The van der Waals surface area contributed by atoms with Crippen LogP contribution in [0, 0.1) is 0 Å². The summed E-state index contributed by atoms with van der Waals surface area (Å²) in [5.41, 5.74) is 0.909. The molecule has 1 aliphatic heterocycles. The van der Waals surface area contributed by atoms with E-state index in [1.54, 1.807) is 12.5 Å². The molecule has 2 atom stereocenters. The third-order valence-corrected chi connectivity index (χ3v) is 4.51. The van der Waals surface area contributed by atoms with Gasteiger partial charge in [-0.1, -0.05) is 0 Å². The molecule has 0 spiro atoms. The van der Waals surface area contributed by atoms with Gasteiger partial charge >= 0.3 is 0 Å². The number of hydrogen-bond acceptors (Lipinski definition) is 4. The summed E-state index contributed by atoms with van der Waals surface area (Å²) in [5, 5.41) is 0. The molecule has 0 amide bonds. The molecule has 0 saturated carbocycles. The van der Waals surface area contributed by atoms with Crippen LogP contribution in [0.1, 0.15) is 19.5 Å². The van der Waals surface area contributed by atoms with Crippen LogP contribution in [0.2, 0.25) is 0 Å². The Kier molecular flexibility index (Phi) is 4.56. The predicted molar refractivity (Wildman–Crippen MR) is 70.8 cm³/mol. The molecule has 1 aliphatic rings. The van der Waals surface area contributed by atoms with Crippen LogP contribution in [-0.2, 0) is 21.4 Å². The first-order valence-electron chi connectivity index (χ1n) is 6.35. The van der Waals surface area contributed by atoms with E-state index in [1.807, 2.05) is 13.8 Å². The van der Waals surface area contributed by atoms with Gasteiger partial charge in [0.15, 0.2) is 0 Å². The largest absolute Gasteiger partial charge is 0.373 e. The summed E-state index contributed by atoms with van der Waals surface area (Å²) < 4.78 is 33.9. The van der Waals surface area contributed by atoms with Crippen molar-refractivity contribution in [2.75, 3.05) is 19.6 Å². The summed E-state index contributed by atoms with van der Waals surface area (Å²) in [6.07, 6.45) is 3.71. The first-order chi connectivity index (χ1) is 8.97. The highest BCUT2D eigenvalue weighted by Crippen LogP contribution is 2.13. The van der Waals surface area contributed by atoms with E-state index in [9.17, 15) is 8.42 Å². The van der Waals surface area contributed by atoms with E-state index in [0.29, 0.717) is 26.1 Å². The van der Waals surface area contributed by atoms with Crippen molar-refractivity contribution in [2.24, 2.45) is 0 Å². The summed E-state index contributed by atoms with van der Waals surface area (Å²) in [7, 11) is -3.43. The first-order valence-corrected chi connectivity index (χ1v) is 7.79. The fraction of sp³-hybridized carbons (Fsp3) is 0.727. The number of nitrogens with one attached hydrogen (secondary N) is 2. The van der Waals surface area contributed by atoms with Gasteiger partial charge in [-0.3, -0.25) is 0 Å². The van der Waals surface area contributed by atoms with E-state index in [1.165, 1.54) is 4.31 Å². The third-order valence-electron chi connectivity index (χ3n) is 2.96. The molecule has 1 aromatic heterocycles. The highest BCUT2D eigenvalue weighted by molar-refractivity contribution is 7.87. The van der Waals surface area contributed by atoms with E-state index >= 15 is 0 Å². The van der Waals surface area contributed by atoms with Crippen LogP contribution < -0.4 is 4.72 Å². The SMILES string of the molecule is CC1CN(S(=O)(=O)NCCc2cnc[nH]2)CC(C)O1. The maximum atomic E-state index is 12.1. The fourth-order valence-electron chi connectivity index (χ4n) is 2.15. The molecule has 1 fully saturated rings. The molecule has 0 aliphatic carbocycles. The highest BCUT2D eigenvalue weighted by atomic mass is 32.2. The Morgan fingerprint density at radius 2 is 2.16 bits per heavy atom. The lowest BCUT2D eigenvalue weighted by Gasteiger charge is -2.34. The van der Waals surface area contributed by atoms with Crippen molar-refractivity contribution in [3.05, 3.63) is 18.2 Å². The molecular formula is C11H20N4O3S. The number of nitrogens with zero attached hydrogens (tertiary/aromatic N) is 2. The minimum absolute atomic E-state index is 0.0760. The van der Waals surface area contributed by atoms with Gasteiger partial charge in [0.05, 0.1) is 18.5 Å². The Labute approximate surface area is 113 Å². The van der Waals surface area contributed by atoms with Gasteiger partial charge in [-0.05, 0) is 13.8 Å². The minimum Gasteiger partial charge on any atom is -0.373 e. The minimum atomic E-state index is -3.43. The molecule has 108 valence electrons. The number of rotatable bonds is 5. The van der Waals surface area contributed by atoms with Crippen molar-refractivity contribution in [1.29, 1.82) is 0 Å². The fourth-order valence-corrected chi connectivity index (χ4v) is 3.51. The van der Waals surface area contributed by atoms with Gasteiger partial charge in [-0.15, -0.1) is 0 Å². The molecule has 1 aromatic rings. The lowest BCUT2D eigenvalue weighted by atomic mass is 10.3. The van der Waals surface area contributed by atoms with E-state index in [2.05, 4.69) is 14.7 Å². The lowest BCUT2D eigenvalue weighted by molar-refractivity contribution is -0.0443. The molecule has 2 rings (SSSR count). The van der Waals surface area contributed by atoms with Crippen LogP contribution in [0.15, 0.2) is 12.5 Å². The first kappa shape index (κ1) is 14.4. The van der Waals surface area contributed by atoms with Crippen molar-refractivity contribution < 1.29 is 13.2 Å². The second kappa shape index (κ2) is 6.00. The molecule has 2 unspecified atom stereocenters. The second-order valence-electron chi connectivity index (χ2n) is 4.80. The van der Waals surface area contributed by atoms with Crippen LogP contribution in [0.25, 0.3) is 0 Å².